The van der Waals surface area contributed by atoms with Crippen molar-refractivity contribution < 1.29 is 4.52 Å². The summed E-state index contributed by atoms with van der Waals surface area (Å²) in [6, 6.07) is 3.73. The molecular weight excluding hydrogens is 168 g/mol. The van der Waals surface area contributed by atoms with Crippen LogP contribution in [0.5, 0.6) is 0 Å². The topological polar surface area (TPSA) is 77.8 Å². The maximum Gasteiger partial charge on any atom is 0.261 e. The molecular formula is C8H8N4O. The monoisotopic (exact) mass is 176 g/mol. The number of aromatic nitrogens is 3. The van der Waals surface area contributed by atoms with Crippen LogP contribution in [0.25, 0.3) is 11.5 Å². The van der Waals surface area contributed by atoms with Crippen molar-refractivity contribution >= 4 is 5.95 Å². The first-order valence-electron chi connectivity index (χ1n) is 3.78. The lowest BCUT2D eigenvalue weighted by atomic mass is 10.2. The van der Waals surface area contributed by atoms with E-state index in [1.54, 1.807) is 6.20 Å². The summed E-state index contributed by atoms with van der Waals surface area (Å²) in [4.78, 5) is 7.97. The fraction of sp³-hybridized carbons (Fsp3) is 0.125. The van der Waals surface area contributed by atoms with Gasteiger partial charge in [0.05, 0.1) is 5.56 Å². The normalized spacial score (nSPS) is 10.2. The third-order valence-corrected chi connectivity index (χ3v) is 1.60. The van der Waals surface area contributed by atoms with E-state index >= 15 is 0 Å². The number of nitrogens with zero attached hydrogens (tertiary/aromatic N) is 3. The van der Waals surface area contributed by atoms with Crippen LogP contribution >= 0.6 is 0 Å². The number of anilines is 1. The Morgan fingerprint density at radius 2 is 2.23 bits per heavy atom. The third-order valence-electron chi connectivity index (χ3n) is 1.60. The van der Waals surface area contributed by atoms with Crippen molar-refractivity contribution in [3.8, 4) is 11.5 Å². The molecule has 2 aromatic rings. The lowest BCUT2D eigenvalue weighted by Gasteiger charge is -1.93. The van der Waals surface area contributed by atoms with E-state index in [4.69, 9.17) is 10.3 Å². The van der Waals surface area contributed by atoms with Crippen LogP contribution in [0.15, 0.2) is 22.9 Å². The van der Waals surface area contributed by atoms with Gasteiger partial charge in [-0.05, 0) is 24.2 Å². The van der Waals surface area contributed by atoms with E-state index in [2.05, 4.69) is 15.1 Å². The SMILES string of the molecule is Cc1ccc(-c2nc(N)no2)cn1. The molecule has 0 bridgehead atoms. The summed E-state index contributed by atoms with van der Waals surface area (Å²) in [6.45, 7) is 1.91. The lowest BCUT2D eigenvalue weighted by Crippen LogP contribution is -1.86. The molecule has 5 nitrogen and oxygen atoms in total. The van der Waals surface area contributed by atoms with E-state index in [-0.39, 0.29) is 5.95 Å². The molecule has 0 unspecified atom stereocenters. The molecule has 5 heteroatoms. The lowest BCUT2D eigenvalue weighted by molar-refractivity contribution is 0.433. The summed E-state index contributed by atoms with van der Waals surface area (Å²) in [5.74, 6) is 0.528. The maximum absolute atomic E-state index is 5.31. The average Bonchev–Trinajstić information content (AvgIpc) is 2.53. The molecule has 0 atom stereocenters. The molecule has 2 aromatic heterocycles. The van der Waals surface area contributed by atoms with Crippen molar-refractivity contribution in [3.05, 3.63) is 24.0 Å². The third kappa shape index (κ3) is 1.48. The highest BCUT2D eigenvalue weighted by Gasteiger charge is 2.05. The van der Waals surface area contributed by atoms with Crippen LogP contribution in [0.4, 0.5) is 5.95 Å². The zero-order chi connectivity index (χ0) is 9.26. The molecule has 13 heavy (non-hydrogen) atoms. The molecule has 0 fully saturated rings. The first kappa shape index (κ1) is 7.72. The fourth-order valence-corrected chi connectivity index (χ4v) is 0.946. The number of rotatable bonds is 1. The highest BCUT2D eigenvalue weighted by Crippen LogP contribution is 2.16. The Kier molecular flexibility index (Phi) is 1.70. The minimum Gasteiger partial charge on any atom is -0.365 e. The first-order valence-corrected chi connectivity index (χ1v) is 3.78. The Labute approximate surface area is 74.6 Å². The van der Waals surface area contributed by atoms with Crippen molar-refractivity contribution in [3.63, 3.8) is 0 Å². The zero-order valence-corrected chi connectivity index (χ0v) is 7.06. The van der Waals surface area contributed by atoms with Crippen molar-refractivity contribution in [2.24, 2.45) is 0 Å². The first-order chi connectivity index (χ1) is 6.25. The Balaban J connectivity index is 2.41. The number of hydrogen-bond donors (Lipinski definition) is 1. The molecule has 0 saturated carbocycles. The Morgan fingerprint density at radius 3 is 2.77 bits per heavy atom. The van der Waals surface area contributed by atoms with Gasteiger partial charge in [-0.25, -0.2) is 0 Å². The molecule has 0 saturated heterocycles. The van der Waals surface area contributed by atoms with Gasteiger partial charge in [0.1, 0.15) is 0 Å². The molecule has 0 aliphatic heterocycles. The van der Waals surface area contributed by atoms with Crippen LogP contribution in [0, 0.1) is 6.92 Å². The molecule has 2 heterocycles. The van der Waals surface area contributed by atoms with Gasteiger partial charge in [0.15, 0.2) is 0 Å². The van der Waals surface area contributed by atoms with E-state index < -0.39 is 0 Å². The molecule has 0 aliphatic carbocycles. The largest absolute Gasteiger partial charge is 0.365 e. The Morgan fingerprint density at radius 1 is 1.38 bits per heavy atom. The van der Waals surface area contributed by atoms with Crippen molar-refractivity contribution in [2.75, 3.05) is 5.73 Å². The molecule has 0 amide bonds. The quantitative estimate of drug-likeness (QED) is 0.701. The Bertz CT molecular complexity index is 406. The van der Waals surface area contributed by atoms with Gasteiger partial charge in [0.25, 0.3) is 11.8 Å². The van der Waals surface area contributed by atoms with Crippen molar-refractivity contribution in [2.45, 2.75) is 6.92 Å². The van der Waals surface area contributed by atoms with Gasteiger partial charge in [-0.2, -0.15) is 4.98 Å². The number of aryl methyl sites for hydroxylation is 1. The molecule has 0 spiro atoms. The summed E-state index contributed by atoms with van der Waals surface area (Å²) in [7, 11) is 0. The number of pyridine rings is 1. The van der Waals surface area contributed by atoms with E-state index in [1.165, 1.54) is 0 Å². The summed E-state index contributed by atoms with van der Waals surface area (Å²) in [5, 5.41) is 3.48. The second-order valence-electron chi connectivity index (χ2n) is 2.65. The minimum atomic E-state index is 0.135. The second-order valence-corrected chi connectivity index (χ2v) is 2.65. The summed E-state index contributed by atoms with van der Waals surface area (Å²) in [5.41, 5.74) is 7.02. The van der Waals surface area contributed by atoms with E-state index in [0.717, 1.165) is 11.3 Å². The van der Waals surface area contributed by atoms with Crippen LogP contribution in [0.2, 0.25) is 0 Å². The number of nitrogens with two attached hydrogens (primary N) is 1. The van der Waals surface area contributed by atoms with Crippen LogP contribution in [0.3, 0.4) is 0 Å². The van der Waals surface area contributed by atoms with Crippen LogP contribution < -0.4 is 5.73 Å². The van der Waals surface area contributed by atoms with Gasteiger partial charge < -0.3 is 10.3 Å². The van der Waals surface area contributed by atoms with Gasteiger partial charge >= 0.3 is 0 Å². The standard InChI is InChI=1S/C8H8N4O/c1-5-2-3-6(4-10-5)7-11-8(9)12-13-7/h2-4H,1H3,(H2,9,12). The maximum atomic E-state index is 5.31. The highest BCUT2D eigenvalue weighted by atomic mass is 16.5. The van der Waals surface area contributed by atoms with Gasteiger partial charge in [0, 0.05) is 11.9 Å². The average molecular weight is 176 g/mol. The molecule has 0 radical (unpaired) electrons. The van der Waals surface area contributed by atoms with Gasteiger partial charge in [0.2, 0.25) is 0 Å². The minimum absolute atomic E-state index is 0.135. The molecule has 0 aliphatic rings. The van der Waals surface area contributed by atoms with Crippen LogP contribution in [-0.4, -0.2) is 15.1 Å². The predicted octanol–water partition coefficient (Wildman–Crippen LogP) is 1.02. The van der Waals surface area contributed by atoms with Gasteiger partial charge in [-0.3, -0.25) is 4.98 Å². The number of nitrogen functional groups attached to an aromatic ring is 1. The summed E-state index contributed by atoms with van der Waals surface area (Å²) in [6.07, 6.45) is 1.67. The summed E-state index contributed by atoms with van der Waals surface area (Å²) >= 11 is 0. The van der Waals surface area contributed by atoms with Gasteiger partial charge in [-0.15, -0.1) is 0 Å². The Hall–Kier alpha value is -1.91. The van der Waals surface area contributed by atoms with E-state index in [1.807, 2.05) is 19.1 Å². The number of hydrogen-bond acceptors (Lipinski definition) is 5. The second kappa shape index (κ2) is 2.85. The summed E-state index contributed by atoms with van der Waals surface area (Å²) < 4.78 is 4.86. The highest BCUT2D eigenvalue weighted by molar-refractivity contribution is 5.52. The van der Waals surface area contributed by atoms with E-state index in [9.17, 15) is 0 Å². The van der Waals surface area contributed by atoms with E-state index in [0.29, 0.717) is 5.89 Å². The van der Waals surface area contributed by atoms with Crippen LogP contribution in [0.1, 0.15) is 5.69 Å². The van der Waals surface area contributed by atoms with Crippen molar-refractivity contribution in [1.29, 1.82) is 0 Å². The van der Waals surface area contributed by atoms with Crippen molar-refractivity contribution in [1.82, 2.24) is 15.1 Å². The molecule has 2 rings (SSSR count). The molecule has 2 N–H and O–H groups in total. The van der Waals surface area contributed by atoms with Crippen LogP contribution in [-0.2, 0) is 0 Å². The predicted molar refractivity (Wildman–Crippen MR) is 46.7 cm³/mol. The van der Waals surface area contributed by atoms with Gasteiger partial charge in [-0.1, -0.05) is 0 Å². The smallest absolute Gasteiger partial charge is 0.261 e. The fourth-order valence-electron chi connectivity index (χ4n) is 0.946. The zero-order valence-electron chi connectivity index (χ0n) is 7.06. The molecule has 66 valence electrons. The molecule has 0 aromatic carbocycles.